The summed E-state index contributed by atoms with van der Waals surface area (Å²) in [6, 6.07) is 11.3. The molecule has 1 aromatic heterocycles. The molecule has 0 unspecified atom stereocenters. The van der Waals surface area contributed by atoms with Gasteiger partial charge in [-0.25, -0.2) is 9.37 Å². The molecule has 2 aromatic carbocycles. The monoisotopic (exact) mass is 347 g/mol. The molecule has 0 saturated heterocycles. The molecule has 0 spiro atoms. The number of nitrogens with zero attached hydrogens (tertiary/aromatic N) is 1. The first-order chi connectivity index (χ1) is 11.6. The van der Waals surface area contributed by atoms with E-state index in [2.05, 4.69) is 15.3 Å². The summed E-state index contributed by atoms with van der Waals surface area (Å²) in [4.78, 5) is 19.1. The number of rotatable bonds is 6. The highest BCUT2D eigenvalue weighted by Crippen LogP contribution is 2.22. The van der Waals surface area contributed by atoms with E-state index in [1.54, 1.807) is 30.3 Å². The van der Waals surface area contributed by atoms with E-state index in [0.29, 0.717) is 40.6 Å². The Bertz CT molecular complexity index is 866. The van der Waals surface area contributed by atoms with Gasteiger partial charge in [-0.3, -0.25) is 4.79 Å². The molecule has 0 aliphatic carbocycles. The Morgan fingerprint density at radius 1 is 1.29 bits per heavy atom. The highest BCUT2D eigenvalue weighted by Gasteiger charge is 2.07. The number of hydrogen-bond donors (Lipinski definition) is 2. The van der Waals surface area contributed by atoms with Gasteiger partial charge in [0.1, 0.15) is 17.4 Å². The molecule has 0 saturated carbocycles. The van der Waals surface area contributed by atoms with Gasteiger partial charge in [-0.05, 0) is 30.3 Å². The standard InChI is InChI=1S/C17H15ClFN3O2/c18-12-3-1-2-4-15(12)24-10-17(23)20-8-7-16-21-13-6-5-11(19)9-14(13)22-16/h1-6,9H,7-8,10H2,(H,20,23)(H,21,22). The van der Waals surface area contributed by atoms with Crippen molar-refractivity contribution in [3.8, 4) is 5.75 Å². The zero-order chi connectivity index (χ0) is 16.9. The Morgan fingerprint density at radius 2 is 2.12 bits per heavy atom. The third-order valence-corrected chi connectivity index (χ3v) is 3.68. The zero-order valence-corrected chi connectivity index (χ0v) is 13.4. The third-order valence-electron chi connectivity index (χ3n) is 3.37. The first-order valence-electron chi connectivity index (χ1n) is 7.40. The molecular weight excluding hydrogens is 333 g/mol. The van der Waals surface area contributed by atoms with E-state index in [0.717, 1.165) is 0 Å². The van der Waals surface area contributed by atoms with Crippen LogP contribution in [0.2, 0.25) is 5.02 Å². The van der Waals surface area contributed by atoms with Crippen LogP contribution in [-0.4, -0.2) is 29.0 Å². The molecule has 3 rings (SSSR count). The zero-order valence-electron chi connectivity index (χ0n) is 12.7. The number of carbonyl (C=O) groups excluding carboxylic acids is 1. The molecule has 7 heteroatoms. The second kappa shape index (κ2) is 7.31. The van der Waals surface area contributed by atoms with Gasteiger partial charge in [-0.2, -0.15) is 0 Å². The van der Waals surface area contributed by atoms with Crippen molar-refractivity contribution in [2.45, 2.75) is 6.42 Å². The van der Waals surface area contributed by atoms with E-state index >= 15 is 0 Å². The van der Waals surface area contributed by atoms with Crippen LogP contribution in [-0.2, 0) is 11.2 Å². The predicted molar refractivity (Wildman–Crippen MR) is 89.7 cm³/mol. The lowest BCUT2D eigenvalue weighted by molar-refractivity contribution is -0.123. The van der Waals surface area contributed by atoms with Crippen LogP contribution in [0.15, 0.2) is 42.5 Å². The summed E-state index contributed by atoms with van der Waals surface area (Å²) in [5.41, 5.74) is 1.33. The minimum Gasteiger partial charge on any atom is -0.482 e. The van der Waals surface area contributed by atoms with Crippen molar-refractivity contribution in [1.29, 1.82) is 0 Å². The minimum atomic E-state index is -0.317. The van der Waals surface area contributed by atoms with Crippen LogP contribution >= 0.6 is 11.6 Å². The van der Waals surface area contributed by atoms with Crippen molar-refractivity contribution in [1.82, 2.24) is 15.3 Å². The highest BCUT2D eigenvalue weighted by atomic mass is 35.5. The van der Waals surface area contributed by atoms with Crippen LogP contribution in [0.4, 0.5) is 4.39 Å². The van der Waals surface area contributed by atoms with Gasteiger partial charge in [0.05, 0.1) is 16.1 Å². The van der Waals surface area contributed by atoms with Crippen molar-refractivity contribution in [2.75, 3.05) is 13.2 Å². The van der Waals surface area contributed by atoms with Crippen molar-refractivity contribution in [2.24, 2.45) is 0 Å². The lowest BCUT2D eigenvalue weighted by atomic mass is 10.3. The summed E-state index contributed by atoms with van der Waals surface area (Å²) in [6.07, 6.45) is 0.508. The number of H-pyrrole nitrogens is 1. The molecule has 0 bridgehead atoms. The van der Waals surface area contributed by atoms with Gasteiger partial charge in [0.2, 0.25) is 0 Å². The number of nitrogens with one attached hydrogen (secondary N) is 2. The molecule has 1 amide bonds. The number of aromatic nitrogens is 2. The van der Waals surface area contributed by atoms with Gasteiger partial charge < -0.3 is 15.0 Å². The lowest BCUT2D eigenvalue weighted by Crippen LogP contribution is -2.30. The first-order valence-corrected chi connectivity index (χ1v) is 7.78. The number of para-hydroxylation sites is 1. The van der Waals surface area contributed by atoms with Gasteiger partial charge in [-0.15, -0.1) is 0 Å². The van der Waals surface area contributed by atoms with Gasteiger partial charge in [0.25, 0.3) is 5.91 Å². The summed E-state index contributed by atoms with van der Waals surface area (Å²) >= 11 is 5.95. The third kappa shape index (κ3) is 4.02. The van der Waals surface area contributed by atoms with Gasteiger partial charge >= 0.3 is 0 Å². The van der Waals surface area contributed by atoms with E-state index in [4.69, 9.17) is 16.3 Å². The fourth-order valence-electron chi connectivity index (χ4n) is 2.23. The van der Waals surface area contributed by atoms with Crippen molar-refractivity contribution in [3.63, 3.8) is 0 Å². The summed E-state index contributed by atoms with van der Waals surface area (Å²) in [5, 5.41) is 3.19. The van der Waals surface area contributed by atoms with Gasteiger partial charge in [-0.1, -0.05) is 23.7 Å². The fraction of sp³-hybridized carbons (Fsp3) is 0.176. The first kappa shape index (κ1) is 16.3. The molecule has 1 heterocycles. The van der Waals surface area contributed by atoms with Gasteiger partial charge in [0, 0.05) is 13.0 Å². The Balaban J connectivity index is 1.47. The summed E-state index contributed by atoms with van der Waals surface area (Å²) in [6.45, 7) is 0.280. The maximum atomic E-state index is 13.1. The molecule has 5 nitrogen and oxygen atoms in total. The maximum Gasteiger partial charge on any atom is 0.257 e. The molecule has 0 radical (unpaired) electrons. The molecule has 24 heavy (non-hydrogen) atoms. The Kier molecular flexibility index (Phi) is 4.96. The van der Waals surface area contributed by atoms with E-state index in [9.17, 15) is 9.18 Å². The average molecular weight is 348 g/mol. The van der Waals surface area contributed by atoms with Crippen LogP contribution in [0, 0.1) is 5.82 Å². The predicted octanol–water partition coefficient (Wildman–Crippen LogP) is 3.09. The van der Waals surface area contributed by atoms with Crippen LogP contribution in [0.25, 0.3) is 11.0 Å². The number of ether oxygens (including phenoxy) is 1. The summed E-state index contributed by atoms with van der Waals surface area (Å²) in [5.74, 6) is 0.580. The molecule has 0 aliphatic rings. The SMILES string of the molecule is O=C(COc1ccccc1Cl)NCCc1nc2ccc(F)cc2[nH]1. The van der Waals surface area contributed by atoms with Gasteiger partial charge in [0.15, 0.2) is 6.61 Å². The van der Waals surface area contributed by atoms with Crippen molar-refractivity contribution < 1.29 is 13.9 Å². The molecule has 0 aliphatic heterocycles. The van der Waals surface area contributed by atoms with Crippen molar-refractivity contribution >= 4 is 28.5 Å². The molecule has 0 fully saturated rings. The number of carbonyl (C=O) groups is 1. The normalized spacial score (nSPS) is 10.8. The van der Waals surface area contributed by atoms with Crippen LogP contribution < -0.4 is 10.1 Å². The number of halogens is 2. The largest absolute Gasteiger partial charge is 0.482 e. The fourth-order valence-corrected chi connectivity index (χ4v) is 2.42. The molecule has 2 N–H and O–H groups in total. The number of amides is 1. The smallest absolute Gasteiger partial charge is 0.257 e. The van der Waals surface area contributed by atoms with E-state index < -0.39 is 0 Å². The van der Waals surface area contributed by atoms with E-state index in [1.807, 2.05) is 0 Å². The maximum absolute atomic E-state index is 13.1. The quantitative estimate of drug-likeness (QED) is 0.720. The summed E-state index contributed by atoms with van der Waals surface area (Å²) < 4.78 is 18.5. The Morgan fingerprint density at radius 3 is 2.96 bits per heavy atom. The summed E-state index contributed by atoms with van der Waals surface area (Å²) in [7, 11) is 0. The number of hydrogen-bond acceptors (Lipinski definition) is 3. The second-order valence-corrected chi connectivity index (χ2v) is 5.57. The molecule has 0 atom stereocenters. The second-order valence-electron chi connectivity index (χ2n) is 5.16. The number of aromatic amines is 1. The Labute approximate surface area is 142 Å². The topological polar surface area (TPSA) is 67.0 Å². The molecule has 3 aromatic rings. The molecule has 124 valence electrons. The van der Waals surface area contributed by atoms with Crippen LogP contribution in [0.3, 0.4) is 0 Å². The average Bonchev–Trinajstić information content (AvgIpc) is 2.96. The van der Waals surface area contributed by atoms with E-state index in [-0.39, 0.29) is 18.3 Å². The lowest BCUT2D eigenvalue weighted by Gasteiger charge is -2.08. The van der Waals surface area contributed by atoms with Crippen LogP contribution in [0.1, 0.15) is 5.82 Å². The minimum absolute atomic E-state index is 0.116. The van der Waals surface area contributed by atoms with Crippen molar-refractivity contribution in [3.05, 3.63) is 59.1 Å². The van der Waals surface area contributed by atoms with Crippen LogP contribution in [0.5, 0.6) is 5.75 Å². The Hall–Kier alpha value is -2.60. The molecular formula is C17H15ClFN3O2. The number of imidazole rings is 1. The number of fused-ring (bicyclic) bond motifs is 1. The highest BCUT2D eigenvalue weighted by molar-refractivity contribution is 6.32. The van der Waals surface area contributed by atoms with E-state index in [1.165, 1.54) is 12.1 Å². The number of benzene rings is 2.